The van der Waals surface area contributed by atoms with Crippen molar-refractivity contribution in [1.29, 1.82) is 0 Å². The quantitative estimate of drug-likeness (QED) is 0.861. The van der Waals surface area contributed by atoms with Gasteiger partial charge in [-0.15, -0.1) is 0 Å². The first kappa shape index (κ1) is 15.7. The number of methoxy groups -OCH3 is 2. The zero-order valence-corrected chi connectivity index (χ0v) is 13.0. The van der Waals surface area contributed by atoms with Gasteiger partial charge in [0.25, 0.3) is 0 Å². The van der Waals surface area contributed by atoms with Crippen LogP contribution in [0.5, 0.6) is 11.5 Å². The Morgan fingerprint density at radius 3 is 2.29 bits per heavy atom. The lowest BCUT2D eigenvalue weighted by Crippen LogP contribution is -2.15. The predicted molar refractivity (Wildman–Crippen MR) is 84.0 cm³/mol. The number of anilines is 1. The molecule has 0 radical (unpaired) electrons. The average Bonchev–Trinajstić information content (AvgIpc) is 2.53. The van der Waals surface area contributed by atoms with Gasteiger partial charge in [-0.25, -0.2) is 0 Å². The predicted octanol–water partition coefficient (Wildman–Crippen LogP) is 4.00. The Balaban J connectivity index is 1.86. The first-order chi connectivity index (χ1) is 10.2. The number of hydrogen-bond donors (Lipinski definition) is 1. The van der Waals surface area contributed by atoms with Crippen LogP contribution in [0, 0.1) is 5.92 Å². The summed E-state index contributed by atoms with van der Waals surface area (Å²) < 4.78 is 10.4. The number of benzene rings is 1. The molecule has 1 amide bonds. The highest BCUT2D eigenvalue weighted by Crippen LogP contribution is 2.28. The molecule has 0 saturated heterocycles. The van der Waals surface area contributed by atoms with Gasteiger partial charge in [0.15, 0.2) is 0 Å². The van der Waals surface area contributed by atoms with Crippen molar-refractivity contribution in [3.8, 4) is 11.5 Å². The van der Waals surface area contributed by atoms with E-state index >= 15 is 0 Å². The summed E-state index contributed by atoms with van der Waals surface area (Å²) in [5, 5.41) is 2.93. The largest absolute Gasteiger partial charge is 0.497 e. The molecule has 0 bridgehead atoms. The molecule has 0 atom stereocenters. The fourth-order valence-electron chi connectivity index (χ4n) is 2.91. The van der Waals surface area contributed by atoms with Crippen molar-refractivity contribution < 1.29 is 14.3 Å². The lowest BCUT2D eigenvalue weighted by molar-refractivity contribution is -0.116. The highest BCUT2D eigenvalue weighted by atomic mass is 16.5. The second-order valence-corrected chi connectivity index (χ2v) is 5.69. The third-order valence-corrected chi connectivity index (χ3v) is 4.14. The molecule has 4 heteroatoms. The van der Waals surface area contributed by atoms with Crippen LogP contribution in [-0.4, -0.2) is 20.1 Å². The van der Waals surface area contributed by atoms with Crippen LogP contribution in [0.1, 0.15) is 44.9 Å². The lowest BCUT2D eigenvalue weighted by atomic mass is 9.86. The Kier molecular flexibility index (Phi) is 5.90. The minimum Gasteiger partial charge on any atom is -0.497 e. The molecule has 0 aromatic heterocycles. The molecule has 1 fully saturated rings. The monoisotopic (exact) mass is 291 g/mol. The highest BCUT2D eigenvalue weighted by molar-refractivity contribution is 5.91. The molecule has 4 nitrogen and oxygen atoms in total. The van der Waals surface area contributed by atoms with Crippen LogP contribution in [0.4, 0.5) is 5.69 Å². The third-order valence-electron chi connectivity index (χ3n) is 4.14. The van der Waals surface area contributed by atoms with E-state index in [1.807, 2.05) is 0 Å². The maximum atomic E-state index is 12.1. The summed E-state index contributed by atoms with van der Waals surface area (Å²) in [5.74, 6) is 2.15. The summed E-state index contributed by atoms with van der Waals surface area (Å²) in [5.41, 5.74) is 0.722. The van der Waals surface area contributed by atoms with Crippen LogP contribution >= 0.6 is 0 Å². The Bertz CT molecular complexity index is 445. The van der Waals surface area contributed by atoms with Crippen molar-refractivity contribution in [2.45, 2.75) is 44.9 Å². The van der Waals surface area contributed by atoms with Gasteiger partial charge in [0.2, 0.25) is 5.91 Å². The minimum absolute atomic E-state index is 0.0656. The van der Waals surface area contributed by atoms with Crippen LogP contribution in [0.3, 0.4) is 0 Å². The zero-order chi connectivity index (χ0) is 15.1. The van der Waals surface area contributed by atoms with E-state index in [4.69, 9.17) is 9.47 Å². The van der Waals surface area contributed by atoms with E-state index in [2.05, 4.69) is 5.32 Å². The Labute approximate surface area is 126 Å². The standard InChI is InChI=1S/C17H25NO3/c1-20-15-10-14(11-16(12-15)21-2)18-17(19)9-8-13-6-4-3-5-7-13/h10-13H,3-9H2,1-2H3,(H,18,19). The molecule has 1 aromatic rings. The average molecular weight is 291 g/mol. The molecule has 0 spiro atoms. The van der Waals surface area contributed by atoms with Crippen LogP contribution in [-0.2, 0) is 4.79 Å². The molecular formula is C17H25NO3. The van der Waals surface area contributed by atoms with Crippen molar-refractivity contribution in [2.75, 3.05) is 19.5 Å². The van der Waals surface area contributed by atoms with Gasteiger partial charge in [-0.1, -0.05) is 32.1 Å². The molecule has 1 saturated carbocycles. The van der Waals surface area contributed by atoms with Crippen molar-refractivity contribution >= 4 is 11.6 Å². The van der Waals surface area contributed by atoms with E-state index < -0.39 is 0 Å². The number of carbonyl (C=O) groups excluding carboxylic acids is 1. The maximum absolute atomic E-state index is 12.1. The normalized spacial score (nSPS) is 15.5. The van der Waals surface area contributed by atoms with E-state index in [1.165, 1.54) is 32.1 Å². The zero-order valence-electron chi connectivity index (χ0n) is 13.0. The Morgan fingerprint density at radius 1 is 1.10 bits per heavy atom. The lowest BCUT2D eigenvalue weighted by Gasteiger charge is -2.21. The molecule has 0 aliphatic heterocycles. The smallest absolute Gasteiger partial charge is 0.224 e. The van der Waals surface area contributed by atoms with Crippen LogP contribution < -0.4 is 14.8 Å². The number of amides is 1. The van der Waals surface area contributed by atoms with Crippen LogP contribution in [0.2, 0.25) is 0 Å². The SMILES string of the molecule is COc1cc(NC(=O)CCC2CCCCC2)cc(OC)c1. The number of ether oxygens (including phenoxy) is 2. The van der Waals surface area contributed by atoms with Crippen molar-refractivity contribution in [3.63, 3.8) is 0 Å². The molecule has 1 N–H and O–H groups in total. The van der Waals surface area contributed by atoms with Crippen molar-refractivity contribution in [2.24, 2.45) is 5.92 Å². The molecule has 0 heterocycles. The van der Waals surface area contributed by atoms with Crippen molar-refractivity contribution in [1.82, 2.24) is 0 Å². The fourth-order valence-corrected chi connectivity index (χ4v) is 2.91. The Hall–Kier alpha value is -1.71. The molecule has 1 aromatic carbocycles. The number of nitrogens with one attached hydrogen (secondary N) is 1. The van der Waals surface area contributed by atoms with Gasteiger partial charge in [-0.2, -0.15) is 0 Å². The summed E-state index contributed by atoms with van der Waals surface area (Å²) in [6, 6.07) is 5.40. The van der Waals surface area contributed by atoms with Gasteiger partial charge in [0.1, 0.15) is 11.5 Å². The summed E-state index contributed by atoms with van der Waals surface area (Å²) >= 11 is 0. The summed E-state index contributed by atoms with van der Waals surface area (Å²) in [6.07, 6.45) is 8.13. The highest BCUT2D eigenvalue weighted by Gasteiger charge is 2.15. The molecule has 1 aliphatic rings. The molecule has 21 heavy (non-hydrogen) atoms. The summed E-state index contributed by atoms with van der Waals surface area (Å²) in [4.78, 5) is 12.1. The van der Waals surface area contributed by atoms with Gasteiger partial charge < -0.3 is 14.8 Å². The van der Waals surface area contributed by atoms with E-state index in [0.29, 0.717) is 17.9 Å². The van der Waals surface area contributed by atoms with Gasteiger partial charge in [-0.05, 0) is 12.3 Å². The van der Waals surface area contributed by atoms with Gasteiger partial charge >= 0.3 is 0 Å². The van der Waals surface area contributed by atoms with E-state index in [1.54, 1.807) is 32.4 Å². The molecule has 1 aliphatic carbocycles. The molecule has 2 rings (SSSR count). The number of carbonyl (C=O) groups is 1. The molecular weight excluding hydrogens is 266 g/mol. The van der Waals surface area contributed by atoms with Crippen LogP contribution in [0.25, 0.3) is 0 Å². The Morgan fingerprint density at radius 2 is 1.71 bits per heavy atom. The first-order valence-corrected chi connectivity index (χ1v) is 7.74. The maximum Gasteiger partial charge on any atom is 0.224 e. The van der Waals surface area contributed by atoms with E-state index in [-0.39, 0.29) is 5.91 Å². The second-order valence-electron chi connectivity index (χ2n) is 5.69. The number of rotatable bonds is 6. The third kappa shape index (κ3) is 4.96. The number of hydrogen-bond acceptors (Lipinski definition) is 3. The summed E-state index contributed by atoms with van der Waals surface area (Å²) in [6.45, 7) is 0. The fraction of sp³-hybridized carbons (Fsp3) is 0.588. The minimum atomic E-state index is 0.0656. The van der Waals surface area contributed by atoms with Gasteiger partial charge in [0.05, 0.1) is 14.2 Å². The topological polar surface area (TPSA) is 47.6 Å². The van der Waals surface area contributed by atoms with Gasteiger partial charge in [-0.3, -0.25) is 4.79 Å². The molecule has 0 unspecified atom stereocenters. The summed E-state index contributed by atoms with van der Waals surface area (Å²) in [7, 11) is 3.20. The first-order valence-electron chi connectivity index (χ1n) is 7.74. The van der Waals surface area contributed by atoms with E-state index in [9.17, 15) is 4.79 Å². The second kappa shape index (κ2) is 7.91. The van der Waals surface area contributed by atoms with Crippen LogP contribution in [0.15, 0.2) is 18.2 Å². The van der Waals surface area contributed by atoms with Crippen molar-refractivity contribution in [3.05, 3.63) is 18.2 Å². The molecule has 116 valence electrons. The van der Waals surface area contributed by atoms with E-state index in [0.717, 1.165) is 18.0 Å². The van der Waals surface area contributed by atoms with Gasteiger partial charge in [0, 0.05) is 30.3 Å².